The van der Waals surface area contributed by atoms with E-state index >= 15 is 0 Å². The average molecular weight is 853 g/mol. The van der Waals surface area contributed by atoms with Crippen LogP contribution in [0.2, 0.25) is 0 Å². The van der Waals surface area contributed by atoms with Crippen molar-refractivity contribution >= 4 is 39.9 Å². The van der Waals surface area contributed by atoms with E-state index in [1.54, 1.807) is 18.3 Å². The lowest BCUT2D eigenvalue weighted by Gasteiger charge is -2.63. The van der Waals surface area contributed by atoms with Crippen molar-refractivity contribution in [1.29, 1.82) is 5.26 Å². The first-order valence-corrected chi connectivity index (χ1v) is 21.2. The van der Waals surface area contributed by atoms with E-state index in [9.17, 15) is 32.3 Å². The lowest BCUT2D eigenvalue weighted by atomic mass is 9.49. The molecule has 4 heterocycles. The Labute approximate surface area is 357 Å². The van der Waals surface area contributed by atoms with Crippen molar-refractivity contribution in [2.45, 2.75) is 77.7 Å². The summed E-state index contributed by atoms with van der Waals surface area (Å²) in [4.78, 5) is 57.9. The number of hydrogen-bond acceptors (Lipinski definition) is 10. The van der Waals surface area contributed by atoms with Crippen molar-refractivity contribution in [3.8, 4) is 11.8 Å². The minimum atomic E-state index is -4.69. The molecule has 16 heteroatoms. The maximum absolute atomic E-state index is 13.6. The molecule has 3 aromatic carbocycles. The molecule has 3 aliphatic heterocycles. The Morgan fingerprint density at radius 1 is 0.887 bits per heavy atom. The monoisotopic (exact) mass is 852 g/mol. The summed E-state index contributed by atoms with van der Waals surface area (Å²) < 4.78 is 48.1. The van der Waals surface area contributed by atoms with E-state index in [0.717, 1.165) is 82.2 Å². The number of aromatic nitrogens is 2. The van der Waals surface area contributed by atoms with E-state index in [1.165, 1.54) is 10.7 Å². The van der Waals surface area contributed by atoms with Gasteiger partial charge in [0.15, 0.2) is 0 Å². The highest BCUT2D eigenvalue weighted by Crippen LogP contribution is 2.56. The number of amides is 3. The predicted molar refractivity (Wildman–Crippen MR) is 227 cm³/mol. The first-order chi connectivity index (χ1) is 29.4. The van der Waals surface area contributed by atoms with Crippen molar-refractivity contribution in [3.05, 3.63) is 93.9 Å². The Morgan fingerprint density at radius 3 is 2.19 bits per heavy atom. The molecule has 8 rings (SSSR count). The molecule has 0 bridgehead atoms. The highest BCUT2D eigenvalue weighted by molar-refractivity contribution is 5.99. The summed E-state index contributed by atoms with van der Waals surface area (Å²) in [5, 5.41) is 20.1. The van der Waals surface area contributed by atoms with Crippen molar-refractivity contribution < 1.29 is 32.3 Å². The number of nitrogens with zero attached hydrogens (tertiary/aromatic N) is 6. The zero-order valence-electron chi connectivity index (χ0n) is 35.3. The molecular weight excluding hydrogens is 802 g/mol. The van der Waals surface area contributed by atoms with E-state index in [2.05, 4.69) is 30.4 Å². The van der Waals surface area contributed by atoms with Crippen LogP contribution in [-0.2, 0) is 15.8 Å². The van der Waals surface area contributed by atoms with Gasteiger partial charge >= 0.3 is 6.18 Å². The van der Waals surface area contributed by atoms with Crippen molar-refractivity contribution in [2.75, 3.05) is 55.6 Å². The topological polar surface area (TPSA) is 153 Å². The smallest absolute Gasteiger partial charge is 0.417 e. The van der Waals surface area contributed by atoms with Crippen molar-refractivity contribution in [2.24, 2.45) is 16.7 Å². The molecule has 1 saturated carbocycles. The molecule has 326 valence electrons. The highest BCUT2D eigenvalue weighted by atomic mass is 19.4. The number of nitriles is 1. The Hall–Kier alpha value is -5.95. The minimum Gasteiger partial charge on any atom is -0.489 e. The van der Waals surface area contributed by atoms with Gasteiger partial charge in [-0.15, -0.1) is 0 Å². The maximum atomic E-state index is 13.6. The van der Waals surface area contributed by atoms with Crippen LogP contribution in [0.5, 0.6) is 5.75 Å². The van der Waals surface area contributed by atoms with Gasteiger partial charge in [0.1, 0.15) is 17.9 Å². The van der Waals surface area contributed by atoms with Crippen LogP contribution in [0.1, 0.15) is 80.9 Å². The summed E-state index contributed by atoms with van der Waals surface area (Å²) in [5.41, 5.74) is -0.442. The lowest BCUT2D eigenvalue weighted by Crippen LogP contribution is -2.74. The number of nitrogens with one attached hydrogen (secondary N) is 2. The molecule has 0 spiro atoms. The molecule has 4 aliphatic rings. The SMILES string of the molecule is CC1(C)C(NC(=O)c2ccc(N3CCC(CN4CCN(c5ccc6c(=O)n(C7CCC(=O)NC7=O)ncc6c5)CC4)CC3)cc2)C(C)(C)C1Oc1ccc(C#N)c(C(F)(F)F)c1. The van der Waals surface area contributed by atoms with E-state index in [4.69, 9.17) is 10.00 Å². The average Bonchev–Trinajstić information content (AvgIpc) is 3.25. The van der Waals surface area contributed by atoms with Crippen LogP contribution >= 0.6 is 0 Å². The highest BCUT2D eigenvalue weighted by Gasteiger charge is 2.64. The second-order valence-electron chi connectivity index (χ2n) is 18.3. The fraction of sp³-hybridized carbons (Fsp3) is 0.478. The Kier molecular flexibility index (Phi) is 11.3. The number of ether oxygens (including phenoxy) is 1. The number of alkyl halides is 3. The normalized spacial score (nSPS) is 23.0. The standard InChI is InChI=1S/C46H51F3N8O5/c1-44(2)42(45(3,4)43(44)62-34-11-7-30(25-50)36(24-34)46(47,48)49)53-39(59)29-5-8-32(9-6-29)55-17-15-28(16-18-55)27-54-19-21-56(22-20-54)33-10-12-35-31(23-33)26-51-57(41(35)61)37-13-14-38(58)52-40(37)60/h5-12,23-24,26,28,37,42-43H,13-22,27H2,1-4H3,(H,53,59)(H,52,58,60). The molecule has 2 N–H and O–H groups in total. The number of rotatable bonds is 9. The zero-order chi connectivity index (χ0) is 44.1. The predicted octanol–water partition coefficient (Wildman–Crippen LogP) is 5.92. The lowest BCUT2D eigenvalue weighted by molar-refractivity contribution is -0.164. The molecule has 3 saturated heterocycles. The number of fused-ring (bicyclic) bond motifs is 1. The number of anilines is 2. The zero-order valence-corrected chi connectivity index (χ0v) is 35.3. The van der Waals surface area contributed by atoms with Gasteiger partial charge in [-0.3, -0.25) is 29.4 Å². The van der Waals surface area contributed by atoms with Crippen molar-refractivity contribution in [3.63, 3.8) is 0 Å². The molecule has 1 unspecified atom stereocenters. The van der Waals surface area contributed by atoms with E-state index < -0.39 is 46.2 Å². The largest absolute Gasteiger partial charge is 0.489 e. The number of halogens is 3. The third kappa shape index (κ3) is 8.22. The quantitative estimate of drug-likeness (QED) is 0.194. The van der Waals surface area contributed by atoms with Gasteiger partial charge in [-0.1, -0.05) is 27.7 Å². The fourth-order valence-electron chi connectivity index (χ4n) is 10.3. The Morgan fingerprint density at radius 2 is 1.55 bits per heavy atom. The number of carbonyl (C=O) groups is 3. The molecule has 1 aliphatic carbocycles. The number of piperazine rings is 1. The molecule has 1 atom stereocenters. The van der Waals surface area contributed by atoms with E-state index in [0.29, 0.717) is 22.3 Å². The molecule has 13 nitrogen and oxygen atoms in total. The van der Waals surface area contributed by atoms with Crippen LogP contribution in [0, 0.1) is 28.1 Å². The number of carbonyl (C=O) groups excluding carboxylic acids is 3. The third-order valence-corrected chi connectivity index (χ3v) is 13.4. The van der Waals surface area contributed by atoms with Gasteiger partial charge in [0.2, 0.25) is 5.91 Å². The fourth-order valence-corrected chi connectivity index (χ4v) is 10.3. The van der Waals surface area contributed by atoms with Gasteiger partial charge in [0, 0.05) is 91.4 Å². The second kappa shape index (κ2) is 16.4. The summed E-state index contributed by atoms with van der Waals surface area (Å²) in [5.74, 6) is -0.474. The summed E-state index contributed by atoms with van der Waals surface area (Å²) in [6.07, 6.45) is -1.04. The molecule has 62 heavy (non-hydrogen) atoms. The van der Waals surface area contributed by atoms with E-state index in [1.807, 2.05) is 64.1 Å². The summed E-state index contributed by atoms with van der Waals surface area (Å²) in [7, 11) is 0. The van der Waals surface area contributed by atoms with Gasteiger partial charge in [0.25, 0.3) is 17.4 Å². The summed E-state index contributed by atoms with van der Waals surface area (Å²) in [6.45, 7) is 14.2. The number of piperidine rings is 2. The molecule has 3 amide bonds. The Bertz CT molecular complexity index is 2470. The molecule has 1 aromatic heterocycles. The van der Waals surface area contributed by atoms with Gasteiger partial charge in [0.05, 0.1) is 28.8 Å². The number of benzene rings is 3. The van der Waals surface area contributed by atoms with E-state index in [-0.39, 0.29) is 42.0 Å². The van der Waals surface area contributed by atoms with Crippen LogP contribution in [0.4, 0.5) is 24.5 Å². The minimum absolute atomic E-state index is 0.0230. The summed E-state index contributed by atoms with van der Waals surface area (Å²) in [6, 6.07) is 17.2. The maximum Gasteiger partial charge on any atom is 0.417 e. The van der Waals surface area contributed by atoms with Crippen LogP contribution < -0.4 is 30.7 Å². The van der Waals surface area contributed by atoms with Crippen molar-refractivity contribution in [1.82, 2.24) is 25.3 Å². The van der Waals surface area contributed by atoms with Crippen LogP contribution in [0.3, 0.4) is 0 Å². The van der Waals surface area contributed by atoms with Gasteiger partial charge < -0.3 is 19.9 Å². The van der Waals surface area contributed by atoms with Crippen LogP contribution in [-0.4, -0.2) is 90.4 Å². The molecule has 0 radical (unpaired) electrons. The van der Waals surface area contributed by atoms with Gasteiger partial charge in [-0.05, 0) is 85.8 Å². The third-order valence-electron chi connectivity index (χ3n) is 13.4. The second-order valence-corrected chi connectivity index (χ2v) is 18.3. The van der Waals surface area contributed by atoms with Crippen LogP contribution in [0.25, 0.3) is 10.8 Å². The Balaban J connectivity index is 0.797. The van der Waals surface area contributed by atoms with Gasteiger partial charge in [-0.25, -0.2) is 4.68 Å². The van der Waals surface area contributed by atoms with Crippen LogP contribution in [0.15, 0.2) is 71.7 Å². The first kappa shape index (κ1) is 42.7. The molecule has 4 fully saturated rings. The van der Waals surface area contributed by atoms with Gasteiger partial charge in [-0.2, -0.15) is 23.5 Å². The summed E-state index contributed by atoms with van der Waals surface area (Å²) >= 11 is 0. The number of imide groups is 1. The molecular formula is C46H51F3N8O5. The number of hydrogen-bond donors (Lipinski definition) is 2. The molecule has 4 aromatic rings. The first-order valence-electron chi connectivity index (χ1n) is 21.2.